The van der Waals surface area contributed by atoms with Crippen molar-refractivity contribution < 1.29 is 4.74 Å². The maximum absolute atomic E-state index is 6.24. The standard InChI is InChI=1S/C19H28N2O/c20-19-9-8-15-12-21(13-18(15)19)11-14-4-3-7-17(10-14)22-16-5-1-2-6-16/h3-4,7,10,15-16,18-19H,1-2,5-6,8-9,11-13,20H2. The molecule has 2 saturated carbocycles. The van der Waals surface area contributed by atoms with Gasteiger partial charge in [0.25, 0.3) is 0 Å². The van der Waals surface area contributed by atoms with Crippen LogP contribution in [0.5, 0.6) is 5.75 Å². The van der Waals surface area contributed by atoms with E-state index in [4.69, 9.17) is 10.5 Å². The first-order valence-electron chi connectivity index (χ1n) is 9.01. The fourth-order valence-electron chi connectivity index (χ4n) is 4.70. The first kappa shape index (κ1) is 14.5. The highest BCUT2D eigenvalue weighted by molar-refractivity contribution is 5.29. The van der Waals surface area contributed by atoms with Crippen LogP contribution in [-0.2, 0) is 6.54 Å². The Morgan fingerprint density at radius 3 is 2.77 bits per heavy atom. The Hall–Kier alpha value is -1.06. The molecule has 0 spiro atoms. The van der Waals surface area contributed by atoms with Gasteiger partial charge in [0.2, 0.25) is 0 Å². The summed E-state index contributed by atoms with van der Waals surface area (Å²) < 4.78 is 6.13. The SMILES string of the molecule is NC1CCC2CN(Cc3cccc(OC4CCCC4)c3)CC12. The molecule has 120 valence electrons. The van der Waals surface area contributed by atoms with E-state index in [9.17, 15) is 0 Å². The second-order valence-electron chi connectivity index (χ2n) is 7.53. The summed E-state index contributed by atoms with van der Waals surface area (Å²) in [6, 6.07) is 9.16. The summed E-state index contributed by atoms with van der Waals surface area (Å²) >= 11 is 0. The molecule has 1 heterocycles. The van der Waals surface area contributed by atoms with Crippen molar-refractivity contribution in [2.75, 3.05) is 13.1 Å². The molecule has 3 aliphatic rings. The number of hydrogen-bond donors (Lipinski definition) is 1. The van der Waals surface area contributed by atoms with Crippen molar-refractivity contribution in [3.05, 3.63) is 29.8 Å². The lowest BCUT2D eigenvalue weighted by Crippen LogP contribution is -2.30. The average molecular weight is 300 g/mol. The lowest BCUT2D eigenvalue weighted by atomic mass is 9.98. The molecule has 3 atom stereocenters. The van der Waals surface area contributed by atoms with Crippen LogP contribution in [0.25, 0.3) is 0 Å². The topological polar surface area (TPSA) is 38.5 Å². The van der Waals surface area contributed by atoms with Gasteiger partial charge < -0.3 is 10.5 Å². The number of rotatable bonds is 4. The van der Waals surface area contributed by atoms with Crippen molar-refractivity contribution in [3.63, 3.8) is 0 Å². The predicted molar refractivity (Wildman–Crippen MR) is 88.8 cm³/mol. The highest BCUT2D eigenvalue weighted by Crippen LogP contribution is 2.37. The molecule has 0 amide bonds. The van der Waals surface area contributed by atoms with E-state index < -0.39 is 0 Å². The Balaban J connectivity index is 1.37. The lowest BCUT2D eigenvalue weighted by Gasteiger charge is -2.19. The summed E-state index contributed by atoms with van der Waals surface area (Å²) in [6.45, 7) is 3.45. The second-order valence-corrected chi connectivity index (χ2v) is 7.53. The fraction of sp³-hybridized carbons (Fsp3) is 0.684. The summed E-state index contributed by atoms with van der Waals surface area (Å²) in [5.41, 5.74) is 7.62. The molecule has 3 fully saturated rings. The average Bonchev–Trinajstić information content (AvgIpc) is 3.20. The lowest BCUT2D eigenvalue weighted by molar-refractivity contribution is 0.209. The van der Waals surface area contributed by atoms with Crippen LogP contribution >= 0.6 is 0 Å². The maximum Gasteiger partial charge on any atom is 0.120 e. The highest BCUT2D eigenvalue weighted by Gasteiger charge is 2.40. The molecule has 1 saturated heterocycles. The van der Waals surface area contributed by atoms with Crippen molar-refractivity contribution in [2.45, 2.75) is 57.2 Å². The molecule has 0 radical (unpaired) electrons. The summed E-state index contributed by atoms with van der Waals surface area (Å²) in [7, 11) is 0. The zero-order valence-electron chi connectivity index (χ0n) is 13.4. The molecular weight excluding hydrogens is 272 g/mol. The van der Waals surface area contributed by atoms with Crippen molar-refractivity contribution in [2.24, 2.45) is 17.6 Å². The molecule has 22 heavy (non-hydrogen) atoms. The van der Waals surface area contributed by atoms with Gasteiger partial charge in [-0.15, -0.1) is 0 Å². The van der Waals surface area contributed by atoms with Gasteiger partial charge in [-0.2, -0.15) is 0 Å². The smallest absolute Gasteiger partial charge is 0.120 e. The third-order valence-corrected chi connectivity index (χ3v) is 5.90. The van der Waals surface area contributed by atoms with Crippen molar-refractivity contribution in [3.8, 4) is 5.75 Å². The normalized spacial score (nSPS) is 32.5. The van der Waals surface area contributed by atoms with E-state index in [2.05, 4.69) is 29.2 Å². The number of ether oxygens (including phenoxy) is 1. The Labute approximate surface area is 133 Å². The number of hydrogen-bond acceptors (Lipinski definition) is 3. The van der Waals surface area contributed by atoms with E-state index in [1.807, 2.05) is 0 Å². The van der Waals surface area contributed by atoms with Crippen LogP contribution in [0.3, 0.4) is 0 Å². The van der Waals surface area contributed by atoms with Crippen molar-refractivity contribution >= 4 is 0 Å². The Bertz CT molecular complexity index is 512. The first-order chi connectivity index (χ1) is 10.8. The molecule has 3 nitrogen and oxygen atoms in total. The monoisotopic (exact) mass is 300 g/mol. The second kappa shape index (κ2) is 6.21. The molecule has 1 aromatic rings. The predicted octanol–water partition coefficient (Wildman–Crippen LogP) is 3.18. The fourth-order valence-corrected chi connectivity index (χ4v) is 4.70. The summed E-state index contributed by atoms with van der Waals surface area (Å²) in [6.07, 6.45) is 8.08. The number of likely N-dealkylation sites (tertiary alicyclic amines) is 1. The van der Waals surface area contributed by atoms with E-state index in [0.29, 0.717) is 12.1 Å². The number of fused-ring (bicyclic) bond motifs is 1. The van der Waals surface area contributed by atoms with Gasteiger partial charge in [-0.05, 0) is 68.1 Å². The van der Waals surface area contributed by atoms with E-state index in [1.165, 1.54) is 57.2 Å². The van der Waals surface area contributed by atoms with Crippen LogP contribution in [0, 0.1) is 11.8 Å². The summed E-state index contributed by atoms with van der Waals surface area (Å²) in [4.78, 5) is 2.59. The first-order valence-corrected chi connectivity index (χ1v) is 9.01. The minimum absolute atomic E-state index is 0.437. The van der Waals surface area contributed by atoms with Gasteiger partial charge in [0, 0.05) is 25.7 Å². The third-order valence-electron chi connectivity index (χ3n) is 5.90. The Morgan fingerprint density at radius 1 is 1.09 bits per heavy atom. The van der Waals surface area contributed by atoms with E-state index in [-0.39, 0.29) is 0 Å². The van der Waals surface area contributed by atoms with Crippen molar-refractivity contribution in [1.82, 2.24) is 4.90 Å². The highest BCUT2D eigenvalue weighted by atomic mass is 16.5. The molecule has 1 aliphatic heterocycles. The van der Waals surface area contributed by atoms with E-state index in [0.717, 1.165) is 24.1 Å². The minimum atomic E-state index is 0.437. The van der Waals surface area contributed by atoms with Crippen LogP contribution < -0.4 is 10.5 Å². The van der Waals surface area contributed by atoms with E-state index >= 15 is 0 Å². The van der Waals surface area contributed by atoms with Crippen LogP contribution in [0.1, 0.15) is 44.1 Å². The van der Waals surface area contributed by atoms with Gasteiger partial charge in [-0.3, -0.25) is 4.90 Å². The molecule has 2 N–H and O–H groups in total. The number of nitrogens with zero attached hydrogens (tertiary/aromatic N) is 1. The molecule has 1 aromatic carbocycles. The molecular formula is C19H28N2O. The molecule has 4 rings (SSSR count). The minimum Gasteiger partial charge on any atom is -0.490 e. The van der Waals surface area contributed by atoms with Crippen LogP contribution in [-0.4, -0.2) is 30.1 Å². The molecule has 0 aromatic heterocycles. The molecule has 3 unspecified atom stereocenters. The zero-order chi connectivity index (χ0) is 14.9. The van der Waals surface area contributed by atoms with Crippen LogP contribution in [0.2, 0.25) is 0 Å². The van der Waals surface area contributed by atoms with Gasteiger partial charge >= 0.3 is 0 Å². The van der Waals surface area contributed by atoms with Gasteiger partial charge in [0.1, 0.15) is 5.75 Å². The Morgan fingerprint density at radius 2 is 1.95 bits per heavy atom. The van der Waals surface area contributed by atoms with Crippen molar-refractivity contribution in [1.29, 1.82) is 0 Å². The maximum atomic E-state index is 6.24. The van der Waals surface area contributed by atoms with Gasteiger partial charge in [-0.25, -0.2) is 0 Å². The quantitative estimate of drug-likeness (QED) is 0.928. The zero-order valence-corrected chi connectivity index (χ0v) is 13.4. The number of nitrogens with two attached hydrogens (primary N) is 1. The number of benzene rings is 1. The van der Waals surface area contributed by atoms with Crippen LogP contribution in [0.4, 0.5) is 0 Å². The molecule has 3 heteroatoms. The van der Waals surface area contributed by atoms with E-state index in [1.54, 1.807) is 0 Å². The van der Waals surface area contributed by atoms with Crippen LogP contribution in [0.15, 0.2) is 24.3 Å². The Kier molecular flexibility index (Phi) is 4.10. The molecule has 0 bridgehead atoms. The largest absolute Gasteiger partial charge is 0.490 e. The summed E-state index contributed by atoms with van der Waals surface area (Å²) in [5.74, 6) is 2.63. The third kappa shape index (κ3) is 3.02. The van der Waals surface area contributed by atoms with Gasteiger partial charge in [-0.1, -0.05) is 12.1 Å². The molecule has 2 aliphatic carbocycles. The van der Waals surface area contributed by atoms with Gasteiger partial charge in [0.05, 0.1) is 6.10 Å². The van der Waals surface area contributed by atoms with Gasteiger partial charge in [0.15, 0.2) is 0 Å². The summed E-state index contributed by atoms with van der Waals surface area (Å²) in [5, 5.41) is 0.